The molecule has 11 heteroatoms. The van der Waals surface area contributed by atoms with Gasteiger partial charge >= 0.3 is 0 Å². The lowest BCUT2D eigenvalue weighted by molar-refractivity contribution is -0.137. The van der Waals surface area contributed by atoms with Crippen molar-refractivity contribution in [3.05, 3.63) is 46.4 Å². The second kappa shape index (κ2) is 11.6. The molecular weight excluding hydrogens is 598 g/mol. The van der Waals surface area contributed by atoms with Crippen LogP contribution in [0, 0.1) is 17.8 Å². The molecule has 2 aromatic rings. The van der Waals surface area contributed by atoms with Crippen LogP contribution in [0.1, 0.15) is 93.8 Å². The maximum absolute atomic E-state index is 14.2. The number of hydrazine groups is 1. The Kier molecular flexibility index (Phi) is 7.64. The number of likely N-dealkylation sites (tertiary alicyclic amines) is 1. The third kappa shape index (κ3) is 4.79. The van der Waals surface area contributed by atoms with E-state index < -0.39 is 0 Å². The highest BCUT2D eigenvalue weighted by molar-refractivity contribution is 7.17. The summed E-state index contributed by atoms with van der Waals surface area (Å²) in [5.74, 6) is 1.98. The number of hydrogen-bond acceptors (Lipinski definition) is 9. The highest BCUT2D eigenvalue weighted by atomic mass is 32.1. The van der Waals surface area contributed by atoms with Crippen molar-refractivity contribution in [2.75, 3.05) is 32.5 Å². The Bertz CT molecular complexity index is 1540. The molecule has 46 heavy (non-hydrogen) atoms. The van der Waals surface area contributed by atoms with Gasteiger partial charge in [-0.25, -0.2) is 9.99 Å². The molecule has 2 aromatic heterocycles. The number of rotatable bonds is 6. The van der Waals surface area contributed by atoms with E-state index in [1.807, 2.05) is 18.5 Å². The lowest BCUT2D eigenvalue weighted by Crippen LogP contribution is -2.53. The molecule has 8 rings (SSSR count). The summed E-state index contributed by atoms with van der Waals surface area (Å²) in [5, 5.41) is 8.33. The van der Waals surface area contributed by atoms with Crippen LogP contribution in [0.15, 0.2) is 30.3 Å². The number of fused-ring (bicyclic) bond motifs is 3. The number of carbonyl (C=O) groups excluding carboxylic acids is 2. The summed E-state index contributed by atoms with van der Waals surface area (Å²) in [6.45, 7) is 6.45. The van der Waals surface area contributed by atoms with Crippen LogP contribution in [-0.2, 0) is 20.9 Å². The maximum atomic E-state index is 14.2. The summed E-state index contributed by atoms with van der Waals surface area (Å²) in [6, 6.07) is 5.04. The zero-order chi connectivity index (χ0) is 31.7. The third-order valence-electron chi connectivity index (χ3n) is 12.3. The SMILES string of the molecule is CC(=O)Nc1nc2c(s1)C1=C(OC2)C(c2cccnc2)N(C)N1C1(C)CCC2C(C(=O)N(C)C3CCN(C4CCCC4)C3)CCC21. The highest BCUT2D eigenvalue weighted by Gasteiger charge is 2.60. The zero-order valence-electron chi connectivity index (χ0n) is 27.6. The molecular formula is C35H47N7O3S. The van der Waals surface area contributed by atoms with Crippen LogP contribution in [0.3, 0.4) is 0 Å². The number of ether oxygens (including phenoxy) is 1. The minimum atomic E-state index is -0.201. The summed E-state index contributed by atoms with van der Waals surface area (Å²) in [7, 11) is 4.24. The van der Waals surface area contributed by atoms with Crippen molar-refractivity contribution in [1.29, 1.82) is 0 Å². The van der Waals surface area contributed by atoms with E-state index >= 15 is 0 Å². The van der Waals surface area contributed by atoms with Crippen LogP contribution in [-0.4, -0.2) is 86.4 Å². The first-order valence-corrected chi connectivity index (χ1v) is 18.1. The van der Waals surface area contributed by atoms with Gasteiger partial charge in [0.05, 0.1) is 10.4 Å². The smallest absolute Gasteiger partial charge is 0.226 e. The van der Waals surface area contributed by atoms with Crippen molar-refractivity contribution in [2.24, 2.45) is 17.8 Å². The molecule has 6 unspecified atom stereocenters. The monoisotopic (exact) mass is 645 g/mol. The lowest BCUT2D eigenvalue weighted by Gasteiger charge is -2.47. The lowest BCUT2D eigenvalue weighted by atomic mass is 9.83. The fraction of sp³-hybridized carbons (Fsp3) is 0.657. The van der Waals surface area contributed by atoms with E-state index in [1.54, 1.807) is 0 Å². The van der Waals surface area contributed by atoms with E-state index in [2.05, 4.69) is 57.2 Å². The highest BCUT2D eigenvalue weighted by Crippen LogP contribution is 2.61. The van der Waals surface area contributed by atoms with Crippen LogP contribution in [0.25, 0.3) is 5.70 Å². The normalized spacial score (nSPS) is 32.9. The van der Waals surface area contributed by atoms with Crippen LogP contribution in [0.5, 0.6) is 0 Å². The molecule has 6 aliphatic rings. The van der Waals surface area contributed by atoms with Crippen molar-refractivity contribution in [2.45, 2.75) is 102 Å². The standard InChI is InChI=1S/C35H47N7O3S/c1-21(43)37-34-38-28-20-45-31-29(22-8-7-16-36-18-22)40(4)42(30(31)32(28)46-34)35(2)15-13-25-26(11-12-27(25)35)33(44)39(3)24-14-17-41(19-24)23-9-5-6-10-23/h7-8,16,18,23-27,29H,5-6,9-15,17,19-20H2,1-4H3,(H,37,38,43). The van der Waals surface area contributed by atoms with Gasteiger partial charge in [0.15, 0.2) is 5.13 Å². The molecule has 2 amide bonds. The van der Waals surface area contributed by atoms with E-state index in [-0.39, 0.29) is 23.4 Å². The summed E-state index contributed by atoms with van der Waals surface area (Å²) >= 11 is 1.53. The number of nitrogens with one attached hydrogen (secondary N) is 1. The van der Waals surface area contributed by atoms with Gasteiger partial charge in [0.25, 0.3) is 0 Å². The Hall–Kier alpha value is -3.02. The Morgan fingerprint density at radius 3 is 2.74 bits per heavy atom. The summed E-state index contributed by atoms with van der Waals surface area (Å²) < 4.78 is 6.56. The van der Waals surface area contributed by atoms with Gasteiger partial charge in [0, 0.05) is 64.5 Å². The molecule has 1 saturated heterocycles. The van der Waals surface area contributed by atoms with Crippen molar-refractivity contribution >= 4 is 34.0 Å². The molecule has 10 nitrogen and oxygen atoms in total. The number of aromatic nitrogens is 2. The number of thiazole rings is 1. The van der Waals surface area contributed by atoms with Crippen LogP contribution < -0.4 is 5.32 Å². The largest absolute Gasteiger partial charge is 0.487 e. The van der Waals surface area contributed by atoms with Gasteiger partial charge in [0.2, 0.25) is 11.8 Å². The number of nitrogens with zero attached hydrogens (tertiary/aromatic N) is 6. The Balaban J connectivity index is 1.08. The van der Waals surface area contributed by atoms with Crippen molar-refractivity contribution < 1.29 is 14.3 Å². The molecule has 4 fully saturated rings. The third-order valence-corrected chi connectivity index (χ3v) is 13.3. The summed E-state index contributed by atoms with van der Waals surface area (Å²) in [4.78, 5) is 41.2. The first-order valence-electron chi connectivity index (χ1n) is 17.3. The quantitative estimate of drug-likeness (QED) is 0.455. The van der Waals surface area contributed by atoms with Crippen LogP contribution >= 0.6 is 11.3 Å². The number of amides is 2. The number of anilines is 1. The first-order chi connectivity index (χ1) is 22.2. The molecule has 0 bridgehead atoms. The summed E-state index contributed by atoms with van der Waals surface area (Å²) in [5.41, 5.74) is 2.80. The van der Waals surface area contributed by atoms with Gasteiger partial charge in [-0.2, -0.15) is 0 Å². The van der Waals surface area contributed by atoms with Crippen molar-refractivity contribution in [3.63, 3.8) is 0 Å². The van der Waals surface area contributed by atoms with Crippen LogP contribution in [0.4, 0.5) is 5.13 Å². The Morgan fingerprint density at radius 1 is 1.15 bits per heavy atom. The van der Waals surface area contributed by atoms with Gasteiger partial charge in [-0.3, -0.25) is 24.5 Å². The first kappa shape index (κ1) is 30.3. The van der Waals surface area contributed by atoms with E-state index in [0.717, 1.165) is 78.8 Å². The molecule has 6 atom stereocenters. The number of carbonyl (C=O) groups is 2. The van der Waals surface area contributed by atoms with Gasteiger partial charge in [-0.05, 0) is 75.3 Å². The van der Waals surface area contributed by atoms with E-state index in [1.165, 1.54) is 43.9 Å². The van der Waals surface area contributed by atoms with Crippen LogP contribution in [0.2, 0.25) is 0 Å². The Morgan fingerprint density at radius 2 is 1.98 bits per heavy atom. The molecule has 3 saturated carbocycles. The molecule has 246 valence electrons. The molecule has 0 radical (unpaired) electrons. The van der Waals surface area contributed by atoms with Crippen molar-refractivity contribution in [1.82, 2.24) is 29.8 Å². The Labute approximate surface area is 276 Å². The molecule has 0 aromatic carbocycles. The number of hydrogen-bond donors (Lipinski definition) is 1. The van der Waals surface area contributed by atoms with Gasteiger partial charge in [-0.15, -0.1) is 0 Å². The average molecular weight is 646 g/mol. The number of pyridine rings is 1. The summed E-state index contributed by atoms with van der Waals surface area (Å²) in [6.07, 6.45) is 14.2. The van der Waals surface area contributed by atoms with E-state index in [0.29, 0.717) is 35.5 Å². The van der Waals surface area contributed by atoms with Gasteiger partial charge in [0.1, 0.15) is 29.8 Å². The number of likely N-dealkylation sites (N-methyl/N-ethyl adjacent to an activating group) is 2. The van der Waals surface area contributed by atoms with E-state index in [9.17, 15) is 9.59 Å². The molecule has 3 aliphatic carbocycles. The molecule has 5 heterocycles. The average Bonchev–Trinajstić information content (AvgIpc) is 3.87. The fourth-order valence-electron chi connectivity index (χ4n) is 10.1. The minimum absolute atomic E-state index is 0.0841. The molecule has 3 aliphatic heterocycles. The van der Waals surface area contributed by atoms with E-state index in [4.69, 9.17) is 9.72 Å². The second-order valence-corrected chi connectivity index (χ2v) is 15.7. The second-order valence-electron chi connectivity index (χ2n) is 14.7. The van der Waals surface area contributed by atoms with Gasteiger partial charge in [-0.1, -0.05) is 30.2 Å². The maximum Gasteiger partial charge on any atom is 0.226 e. The minimum Gasteiger partial charge on any atom is -0.487 e. The predicted molar refractivity (Wildman–Crippen MR) is 177 cm³/mol. The van der Waals surface area contributed by atoms with Crippen molar-refractivity contribution in [3.8, 4) is 0 Å². The fourth-order valence-corrected chi connectivity index (χ4v) is 11.2. The topological polar surface area (TPSA) is 94.1 Å². The zero-order valence-corrected chi connectivity index (χ0v) is 28.4. The predicted octanol–water partition coefficient (Wildman–Crippen LogP) is 5.27. The van der Waals surface area contributed by atoms with Gasteiger partial charge < -0.3 is 15.0 Å². The molecule has 0 spiro atoms. The molecule has 1 N–H and O–H groups in total.